The summed E-state index contributed by atoms with van der Waals surface area (Å²) >= 11 is 4.07. The van der Waals surface area contributed by atoms with Gasteiger partial charge in [0.2, 0.25) is 0 Å². The molecular formula is C14H21NS2. The van der Waals surface area contributed by atoms with E-state index in [-0.39, 0.29) is 0 Å². The zero-order valence-corrected chi connectivity index (χ0v) is 12.5. The van der Waals surface area contributed by atoms with Gasteiger partial charge in [0.15, 0.2) is 0 Å². The van der Waals surface area contributed by atoms with Crippen LogP contribution in [0, 0.1) is 0 Å². The Bertz CT molecular complexity index is 379. The van der Waals surface area contributed by atoms with E-state index in [0.29, 0.717) is 6.04 Å². The molecular weight excluding hydrogens is 246 g/mol. The molecule has 0 aliphatic carbocycles. The summed E-state index contributed by atoms with van der Waals surface area (Å²) in [6, 6.07) is 2.82. The number of hydrogen-bond donors (Lipinski definition) is 1. The van der Waals surface area contributed by atoms with Crippen LogP contribution in [-0.2, 0) is 12.2 Å². The maximum atomic E-state index is 3.57. The van der Waals surface area contributed by atoms with Crippen molar-refractivity contribution in [1.82, 2.24) is 5.32 Å². The van der Waals surface area contributed by atoms with Gasteiger partial charge in [-0.25, -0.2) is 0 Å². The van der Waals surface area contributed by atoms with E-state index in [9.17, 15) is 0 Å². The van der Waals surface area contributed by atoms with Crippen LogP contribution < -0.4 is 5.32 Å². The summed E-state index contributed by atoms with van der Waals surface area (Å²) in [5, 5.41) is 3.57. The molecule has 1 aromatic rings. The van der Waals surface area contributed by atoms with Crippen molar-refractivity contribution in [1.29, 1.82) is 0 Å². The Kier molecular flexibility index (Phi) is 4.71. The van der Waals surface area contributed by atoms with Gasteiger partial charge in [-0.05, 0) is 44.2 Å². The molecule has 1 aliphatic heterocycles. The SMILES string of the molecule is CCNC(C=C(C)C)c1cc2c(s1)CCSC2. The van der Waals surface area contributed by atoms with Crippen molar-refractivity contribution in [2.75, 3.05) is 12.3 Å². The van der Waals surface area contributed by atoms with Crippen molar-refractivity contribution < 1.29 is 0 Å². The number of hydrogen-bond acceptors (Lipinski definition) is 3. The summed E-state index contributed by atoms with van der Waals surface area (Å²) in [6.07, 6.45) is 3.60. The van der Waals surface area contributed by atoms with Crippen molar-refractivity contribution in [3.05, 3.63) is 33.0 Å². The highest BCUT2D eigenvalue weighted by molar-refractivity contribution is 7.98. The van der Waals surface area contributed by atoms with E-state index >= 15 is 0 Å². The van der Waals surface area contributed by atoms with E-state index < -0.39 is 0 Å². The molecule has 0 radical (unpaired) electrons. The molecule has 94 valence electrons. The number of thiophene rings is 1. The molecule has 3 heteroatoms. The Balaban J connectivity index is 2.23. The second kappa shape index (κ2) is 6.07. The van der Waals surface area contributed by atoms with Crippen LogP contribution >= 0.6 is 23.1 Å². The second-order valence-corrected chi connectivity index (χ2v) is 6.95. The third kappa shape index (κ3) is 3.36. The smallest absolute Gasteiger partial charge is 0.0603 e. The Morgan fingerprint density at radius 2 is 2.35 bits per heavy atom. The molecule has 1 unspecified atom stereocenters. The van der Waals surface area contributed by atoms with E-state index in [1.54, 1.807) is 10.4 Å². The highest BCUT2D eigenvalue weighted by atomic mass is 32.2. The van der Waals surface area contributed by atoms with Crippen LogP contribution in [0.2, 0.25) is 0 Å². The summed E-state index contributed by atoms with van der Waals surface area (Å²) in [6.45, 7) is 7.54. The summed E-state index contributed by atoms with van der Waals surface area (Å²) in [5.41, 5.74) is 2.96. The van der Waals surface area contributed by atoms with Crippen molar-refractivity contribution in [3.63, 3.8) is 0 Å². The minimum absolute atomic E-state index is 0.408. The number of allylic oxidation sites excluding steroid dienone is 1. The lowest BCUT2D eigenvalue weighted by atomic mass is 10.1. The zero-order valence-electron chi connectivity index (χ0n) is 10.9. The maximum Gasteiger partial charge on any atom is 0.0603 e. The number of rotatable bonds is 4. The normalized spacial score (nSPS) is 16.4. The van der Waals surface area contributed by atoms with Gasteiger partial charge in [0.25, 0.3) is 0 Å². The molecule has 1 aromatic heterocycles. The van der Waals surface area contributed by atoms with Gasteiger partial charge in [0.1, 0.15) is 0 Å². The number of thioether (sulfide) groups is 1. The molecule has 1 aliphatic rings. The molecule has 1 atom stereocenters. The quantitative estimate of drug-likeness (QED) is 0.822. The topological polar surface area (TPSA) is 12.0 Å². The van der Waals surface area contributed by atoms with Gasteiger partial charge in [0.05, 0.1) is 6.04 Å². The highest BCUT2D eigenvalue weighted by Gasteiger charge is 2.17. The van der Waals surface area contributed by atoms with Crippen LogP contribution in [0.4, 0.5) is 0 Å². The Labute approximate surface area is 113 Å². The molecule has 0 amide bonds. The fraction of sp³-hybridized carbons (Fsp3) is 0.571. The molecule has 2 rings (SSSR count). The van der Waals surface area contributed by atoms with Crippen LogP contribution in [0.1, 0.15) is 42.1 Å². The lowest BCUT2D eigenvalue weighted by molar-refractivity contribution is 0.653. The van der Waals surface area contributed by atoms with Crippen molar-refractivity contribution in [2.45, 2.75) is 39.0 Å². The minimum atomic E-state index is 0.408. The predicted octanol–water partition coefficient (Wildman–Crippen LogP) is 4.15. The van der Waals surface area contributed by atoms with Crippen molar-refractivity contribution in [2.24, 2.45) is 0 Å². The van der Waals surface area contributed by atoms with E-state index in [1.807, 2.05) is 11.3 Å². The summed E-state index contributed by atoms with van der Waals surface area (Å²) < 4.78 is 0. The lowest BCUT2D eigenvalue weighted by Gasteiger charge is -2.12. The highest BCUT2D eigenvalue weighted by Crippen LogP contribution is 2.35. The predicted molar refractivity (Wildman–Crippen MR) is 80.0 cm³/mol. The van der Waals surface area contributed by atoms with Crippen LogP contribution in [0.5, 0.6) is 0 Å². The van der Waals surface area contributed by atoms with Crippen LogP contribution in [0.25, 0.3) is 0 Å². The number of nitrogens with one attached hydrogen (secondary N) is 1. The average molecular weight is 267 g/mol. The molecule has 0 spiro atoms. The molecule has 0 saturated carbocycles. The van der Waals surface area contributed by atoms with E-state index in [4.69, 9.17) is 0 Å². The standard InChI is InChI=1S/C14H21NS2/c1-4-15-12(7-10(2)3)14-8-11-9-16-6-5-13(11)17-14/h7-8,12,15H,4-6,9H2,1-3H3. The van der Waals surface area contributed by atoms with E-state index in [2.05, 4.69) is 50.0 Å². The molecule has 17 heavy (non-hydrogen) atoms. The van der Waals surface area contributed by atoms with Gasteiger partial charge in [-0.1, -0.05) is 18.6 Å². The molecule has 0 fully saturated rings. The first kappa shape index (κ1) is 13.2. The average Bonchev–Trinajstić information content (AvgIpc) is 2.71. The van der Waals surface area contributed by atoms with Gasteiger partial charge in [-0.3, -0.25) is 0 Å². The summed E-state index contributed by atoms with van der Waals surface area (Å²) in [4.78, 5) is 3.10. The Hall–Kier alpha value is -0.250. The minimum Gasteiger partial charge on any atom is -0.306 e. The monoisotopic (exact) mass is 267 g/mol. The molecule has 1 N–H and O–H groups in total. The Morgan fingerprint density at radius 1 is 1.53 bits per heavy atom. The van der Waals surface area contributed by atoms with Crippen LogP contribution in [0.3, 0.4) is 0 Å². The fourth-order valence-electron chi connectivity index (χ4n) is 2.12. The van der Waals surface area contributed by atoms with Crippen molar-refractivity contribution in [3.8, 4) is 0 Å². The first-order valence-corrected chi connectivity index (χ1v) is 8.25. The largest absolute Gasteiger partial charge is 0.306 e. The maximum absolute atomic E-state index is 3.57. The zero-order chi connectivity index (χ0) is 12.3. The lowest BCUT2D eigenvalue weighted by Crippen LogP contribution is -2.18. The summed E-state index contributed by atoms with van der Waals surface area (Å²) in [5.74, 6) is 2.50. The fourth-order valence-corrected chi connectivity index (χ4v) is 4.54. The van der Waals surface area contributed by atoms with Gasteiger partial charge < -0.3 is 5.32 Å². The van der Waals surface area contributed by atoms with Gasteiger partial charge in [-0.15, -0.1) is 11.3 Å². The number of aryl methyl sites for hydroxylation is 1. The molecule has 2 heterocycles. The second-order valence-electron chi connectivity index (χ2n) is 4.68. The molecule has 0 aromatic carbocycles. The molecule has 0 bridgehead atoms. The van der Waals surface area contributed by atoms with Gasteiger partial charge in [0, 0.05) is 15.5 Å². The Morgan fingerprint density at radius 3 is 3.00 bits per heavy atom. The van der Waals surface area contributed by atoms with E-state index in [1.165, 1.54) is 28.4 Å². The third-order valence-electron chi connectivity index (χ3n) is 2.88. The van der Waals surface area contributed by atoms with Crippen LogP contribution in [-0.4, -0.2) is 12.3 Å². The molecule has 1 nitrogen and oxygen atoms in total. The van der Waals surface area contributed by atoms with Crippen LogP contribution in [0.15, 0.2) is 17.7 Å². The number of fused-ring (bicyclic) bond motifs is 1. The van der Waals surface area contributed by atoms with Gasteiger partial charge in [-0.2, -0.15) is 11.8 Å². The van der Waals surface area contributed by atoms with E-state index in [0.717, 1.165) is 6.54 Å². The molecule has 0 saturated heterocycles. The third-order valence-corrected chi connectivity index (χ3v) is 5.21. The first-order chi connectivity index (χ1) is 8.20. The van der Waals surface area contributed by atoms with Gasteiger partial charge >= 0.3 is 0 Å². The number of likely N-dealkylation sites (N-methyl/N-ethyl adjacent to an activating group) is 1. The van der Waals surface area contributed by atoms with Crippen molar-refractivity contribution >= 4 is 23.1 Å². The summed E-state index contributed by atoms with van der Waals surface area (Å²) in [7, 11) is 0. The first-order valence-electron chi connectivity index (χ1n) is 6.28.